The molecule has 0 radical (unpaired) electrons. The molecule has 160 valence electrons. The topological polar surface area (TPSA) is 90.2 Å². The van der Waals surface area contributed by atoms with Gasteiger partial charge in [0, 0.05) is 5.02 Å². The molecular weight excluding hydrogens is 428 g/mol. The summed E-state index contributed by atoms with van der Waals surface area (Å²) in [4.78, 5) is 19.6. The number of anilines is 1. The van der Waals surface area contributed by atoms with Gasteiger partial charge in [0.1, 0.15) is 12.1 Å². The molecule has 32 heavy (non-hydrogen) atoms. The van der Waals surface area contributed by atoms with Gasteiger partial charge in [0.05, 0.1) is 11.0 Å². The average molecular weight is 447 g/mol. The van der Waals surface area contributed by atoms with Gasteiger partial charge < -0.3 is 10.1 Å². The summed E-state index contributed by atoms with van der Waals surface area (Å²) in [7, 11) is 0. The van der Waals surface area contributed by atoms with Crippen molar-refractivity contribution in [3.8, 4) is 11.6 Å². The zero-order chi connectivity index (χ0) is 22.5. The van der Waals surface area contributed by atoms with Crippen LogP contribution in [0.15, 0.2) is 85.2 Å². The van der Waals surface area contributed by atoms with E-state index in [9.17, 15) is 10.1 Å². The summed E-state index contributed by atoms with van der Waals surface area (Å²) in [5.41, 5.74) is 2.30. The molecule has 0 aliphatic carbocycles. The van der Waals surface area contributed by atoms with Crippen LogP contribution in [0.25, 0.3) is 0 Å². The van der Waals surface area contributed by atoms with Gasteiger partial charge in [-0.05, 0) is 41.8 Å². The number of hydrogen-bond acceptors (Lipinski definition) is 6. The Kier molecular flexibility index (Phi) is 6.28. The minimum Gasteiger partial charge on any atom is -0.434 e. The molecule has 1 heterocycles. The lowest BCUT2D eigenvalue weighted by atomic mass is 9.99. The van der Waals surface area contributed by atoms with E-state index in [1.54, 1.807) is 18.2 Å². The number of aryl methyl sites for hydroxylation is 1. The van der Waals surface area contributed by atoms with Crippen molar-refractivity contribution in [2.24, 2.45) is 0 Å². The molecule has 3 aromatic carbocycles. The van der Waals surface area contributed by atoms with Gasteiger partial charge in [-0.2, -0.15) is 4.98 Å². The molecule has 4 aromatic rings. The number of halogens is 1. The molecule has 0 atom stereocenters. The molecule has 0 bridgehead atoms. The van der Waals surface area contributed by atoms with E-state index in [0.29, 0.717) is 10.8 Å². The van der Waals surface area contributed by atoms with E-state index in [1.165, 1.54) is 6.33 Å². The standard InChI is InChI=1S/C24H19ClN4O3/c1-16-14-19(12-13-20(16)25)32-24-22(29(30)31)23(26-15-27-24)28-21(17-8-4-2-5-9-17)18-10-6-3-7-11-18/h2-15,21H,1H3,(H,26,27,28). The van der Waals surface area contributed by atoms with E-state index in [-0.39, 0.29) is 23.4 Å². The number of hydrogen-bond donors (Lipinski definition) is 1. The predicted molar refractivity (Wildman–Crippen MR) is 123 cm³/mol. The summed E-state index contributed by atoms with van der Waals surface area (Å²) in [5.74, 6) is 0.291. The Hall–Kier alpha value is -3.97. The Morgan fingerprint density at radius 2 is 1.59 bits per heavy atom. The fraction of sp³-hybridized carbons (Fsp3) is 0.0833. The highest BCUT2D eigenvalue weighted by atomic mass is 35.5. The summed E-state index contributed by atoms with van der Waals surface area (Å²) < 4.78 is 5.75. The zero-order valence-electron chi connectivity index (χ0n) is 17.1. The second kappa shape index (κ2) is 9.45. The third-order valence-electron chi connectivity index (χ3n) is 4.86. The Morgan fingerprint density at radius 3 is 2.16 bits per heavy atom. The van der Waals surface area contributed by atoms with Crippen molar-refractivity contribution < 1.29 is 9.66 Å². The molecule has 0 unspecified atom stereocenters. The van der Waals surface area contributed by atoms with Gasteiger partial charge >= 0.3 is 11.6 Å². The van der Waals surface area contributed by atoms with Crippen LogP contribution in [0.2, 0.25) is 5.02 Å². The van der Waals surface area contributed by atoms with Crippen LogP contribution >= 0.6 is 11.6 Å². The fourth-order valence-corrected chi connectivity index (χ4v) is 3.40. The van der Waals surface area contributed by atoms with Gasteiger partial charge in [-0.1, -0.05) is 72.3 Å². The van der Waals surface area contributed by atoms with Crippen molar-refractivity contribution in [3.05, 3.63) is 117 Å². The highest BCUT2D eigenvalue weighted by molar-refractivity contribution is 6.31. The van der Waals surface area contributed by atoms with Crippen molar-refractivity contribution in [1.29, 1.82) is 0 Å². The predicted octanol–water partition coefficient (Wildman–Crippen LogP) is 6.34. The number of nitrogens with zero attached hydrogens (tertiary/aromatic N) is 3. The van der Waals surface area contributed by atoms with E-state index < -0.39 is 4.92 Å². The molecule has 0 saturated heterocycles. The number of aromatic nitrogens is 2. The maximum absolute atomic E-state index is 12.0. The Labute approximate surface area is 189 Å². The molecule has 4 rings (SSSR count). The smallest absolute Gasteiger partial charge is 0.373 e. The average Bonchev–Trinajstić information content (AvgIpc) is 2.81. The number of benzene rings is 3. The van der Waals surface area contributed by atoms with E-state index in [0.717, 1.165) is 16.7 Å². The van der Waals surface area contributed by atoms with Gasteiger partial charge in [0.25, 0.3) is 0 Å². The first-order valence-electron chi connectivity index (χ1n) is 9.83. The largest absolute Gasteiger partial charge is 0.434 e. The second-order valence-electron chi connectivity index (χ2n) is 7.04. The summed E-state index contributed by atoms with van der Waals surface area (Å²) in [5, 5.41) is 15.8. The molecule has 0 amide bonds. The number of rotatable bonds is 7. The molecular formula is C24H19ClN4O3. The van der Waals surface area contributed by atoms with Gasteiger partial charge in [-0.25, -0.2) is 4.98 Å². The highest BCUT2D eigenvalue weighted by Crippen LogP contribution is 2.37. The van der Waals surface area contributed by atoms with Crippen LogP contribution in [-0.2, 0) is 0 Å². The first-order chi connectivity index (χ1) is 15.5. The molecule has 0 saturated carbocycles. The summed E-state index contributed by atoms with van der Waals surface area (Å²) in [6.07, 6.45) is 1.24. The van der Waals surface area contributed by atoms with Crippen LogP contribution in [0.3, 0.4) is 0 Å². The number of nitro groups is 1. The maximum Gasteiger partial charge on any atom is 0.373 e. The van der Waals surface area contributed by atoms with Crippen molar-refractivity contribution in [1.82, 2.24) is 9.97 Å². The number of ether oxygens (including phenoxy) is 1. The van der Waals surface area contributed by atoms with E-state index in [2.05, 4.69) is 15.3 Å². The molecule has 0 aliphatic rings. The zero-order valence-corrected chi connectivity index (χ0v) is 17.9. The van der Waals surface area contributed by atoms with Crippen molar-refractivity contribution in [3.63, 3.8) is 0 Å². The van der Waals surface area contributed by atoms with E-state index >= 15 is 0 Å². The minimum absolute atomic E-state index is 0.0587. The van der Waals surface area contributed by atoms with Gasteiger partial charge in [-0.15, -0.1) is 0 Å². The minimum atomic E-state index is -0.548. The third-order valence-corrected chi connectivity index (χ3v) is 5.29. The van der Waals surface area contributed by atoms with Crippen molar-refractivity contribution >= 4 is 23.1 Å². The first kappa shape index (κ1) is 21.3. The molecule has 0 aliphatic heterocycles. The third kappa shape index (κ3) is 4.68. The molecule has 1 aromatic heterocycles. The van der Waals surface area contributed by atoms with Gasteiger partial charge in [0.15, 0.2) is 0 Å². The Balaban J connectivity index is 1.74. The Bertz CT molecular complexity index is 1200. The maximum atomic E-state index is 12.0. The van der Waals surface area contributed by atoms with E-state index in [4.69, 9.17) is 16.3 Å². The summed E-state index contributed by atoms with van der Waals surface area (Å²) >= 11 is 6.06. The monoisotopic (exact) mass is 446 g/mol. The van der Waals surface area contributed by atoms with Crippen LogP contribution in [0.5, 0.6) is 11.6 Å². The molecule has 0 fully saturated rings. The lowest BCUT2D eigenvalue weighted by Gasteiger charge is -2.20. The van der Waals surface area contributed by atoms with Crippen LogP contribution in [0, 0.1) is 17.0 Å². The summed E-state index contributed by atoms with van der Waals surface area (Å²) in [6, 6.07) is 23.9. The molecule has 7 nitrogen and oxygen atoms in total. The van der Waals surface area contributed by atoms with Crippen molar-refractivity contribution in [2.75, 3.05) is 5.32 Å². The quantitative estimate of drug-likeness (QED) is 0.263. The first-order valence-corrected chi connectivity index (χ1v) is 10.2. The SMILES string of the molecule is Cc1cc(Oc2ncnc(NC(c3ccccc3)c3ccccc3)c2[N+](=O)[O-])ccc1Cl. The van der Waals surface area contributed by atoms with Gasteiger partial charge in [-0.3, -0.25) is 10.1 Å². The fourth-order valence-electron chi connectivity index (χ4n) is 3.29. The highest BCUT2D eigenvalue weighted by Gasteiger charge is 2.27. The molecule has 1 N–H and O–H groups in total. The van der Waals surface area contributed by atoms with Crippen LogP contribution in [0.1, 0.15) is 22.7 Å². The van der Waals surface area contributed by atoms with Gasteiger partial charge in [0.2, 0.25) is 5.82 Å². The molecule has 8 heteroatoms. The normalized spacial score (nSPS) is 10.7. The Morgan fingerprint density at radius 1 is 0.969 bits per heavy atom. The number of nitrogens with one attached hydrogen (secondary N) is 1. The summed E-state index contributed by atoms with van der Waals surface area (Å²) in [6.45, 7) is 1.82. The van der Waals surface area contributed by atoms with Crippen LogP contribution in [0.4, 0.5) is 11.5 Å². The van der Waals surface area contributed by atoms with Crippen molar-refractivity contribution in [2.45, 2.75) is 13.0 Å². The lowest BCUT2D eigenvalue weighted by Crippen LogP contribution is -2.15. The molecule has 0 spiro atoms. The second-order valence-corrected chi connectivity index (χ2v) is 7.45. The van der Waals surface area contributed by atoms with Crippen LogP contribution in [-0.4, -0.2) is 14.9 Å². The lowest BCUT2D eigenvalue weighted by molar-refractivity contribution is -0.385. The van der Waals surface area contributed by atoms with E-state index in [1.807, 2.05) is 67.6 Å². The van der Waals surface area contributed by atoms with Crippen LogP contribution < -0.4 is 10.1 Å².